The van der Waals surface area contributed by atoms with Crippen LogP contribution in [0, 0.1) is 17.3 Å². The molecule has 0 radical (unpaired) electrons. The lowest BCUT2D eigenvalue weighted by atomic mass is 9.49. The number of urea groups is 1. The zero-order valence-electron chi connectivity index (χ0n) is 21.5. The Bertz CT molecular complexity index is 968. The van der Waals surface area contributed by atoms with Gasteiger partial charge in [-0.2, -0.15) is 0 Å². The predicted molar refractivity (Wildman–Crippen MR) is 135 cm³/mol. The van der Waals surface area contributed by atoms with Gasteiger partial charge >= 0.3 is 6.03 Å². The summed E-state index contributed by atoms with van der Waals surface area (Å²) >= 11 is 0. The summed E-state index contributed by atoms with van der Waals surface area (Å²) in [5.41, 5.74) is 2.43. The molecule has 7 nitrogen and oxygen atoms in total. The molecule has 3 aliphatic carbocycles. The van der Waals surface area contributed by atoms with Gasteiger partial charge in [0.1, 0.15) is 5.54 Å². The summed E-state index contributed by atoms with van der Waals surface area (Å²) in [6.45, 7) is 8.90. The third-order valence-corrected chi connectivity index (χ3v) is 9.38. The number of rotatable bonds is 9. The van der Waals surface area contributed by atoms with Gasteiger partial charge in [-0.05, 0) is 67.4 Å². The minimum absolute atomic E-state index is 0.00992. The third-order valence-electron chi connectivity index (χ3n) is 9.38. The molecule has 2 aliphatic heterocycles. The Hall–Kier alpha value is -2.25. The highest BCUT2D eigenvalue weighted by atomic mass is 16.5. The molecule has 1 saturated carbocycles. The van der Waals surface area contributed by atoms with Crippen LogP contribution in [0.1, 0.15) is 51.5 Å². The van der Waals surface area contributed by atoms with Gasteiger partial charge < -0.3 is 9.64 Å². The summed E-state index contributed by atoms with van der Waals surface area (Å²) in [4.78, 5) is 37.1. The number of fused-ring (bicyclic) bond motifs is 1. The van der Waals surface area contributed by atoms with Crippen molar-refractivity contribution in [3.8, 4) is 0 Å². The molecule has 1 spiro atoms. The van der Waals surface area contributed by atoms with Crippen molar-refractivity contribution in [2.24, 2.45) is 17.3 Å². The van der Waals surface area contributed by atoms with E-state index in [-0.39, 0.29) is 11.9 Å². The van der Waals surface area contributed by atoms with E-state index in [1.54, 1.807) is 18.9 Å². The van der Waals surface area contributed by atoms with Gasteiger partial charge in [0.15, 0.2) is 0 Å². The molecule has 190 valence electrons. The van der Waals surface area contributed by atoms with Crippen LogP contribution in [0.15, 0.2) is 36.2 Å². The molecular weight excluding hydrogens is 440 g/mol. The fraction of sp³-hybridized carbons (Fsp3) is 0.679. The highest BCUT2D eigenvalue weighted by Crippen LogP contribution is 2.59. The van der Waals surface area contributed by atoms with Crippen molar-refractivity contribution in [3.05, 3.63) is 41.7 Å². The van der Waals surface area contributed by atoms with Crippen LogP contribution in [-0.2, 0) is 16.0 Å². The van der Waals surface area contributed by atoms with Crippen molar-refractivity contribution < 1.29 is 14.3 Å². The fourth-order valence-corrected chi connectivity index (χ4v) is 6.94. The number of carbonyl (C=O) groups excluding carboxylic acids is 2. The predicted octanol–water partition coefficient (Wildman–Crippen LogP) is 3.75. The fourth-order valence-electron chi connectivity index (χ4n) is 6.94. The summed E-state index contributed by atoms with van der Waals surface area (Å²) in [7, 11) is 1.65. The average molecular weight is 481 g/mol. The molecular formula is C28H40N4O3. The Kier molecular flexibility index (Phi) is 6.75. The number of pyridine rings is 1. The van der Waals surface area contributed by atoms with Crippen molar-refractivity contribution >= 4 is 11.9 Å². The minimum atomic E-state index is -0.720. The monoisotopic (exact) mass is 480 g/mol. The van der Waals surface area contributed by atoms with Gasteiger partial charge in [-0.3, -0.25) is 19.6 Å². The summed E-state index contributed by atoms with van der Waals surface area (Å²) in [5.74, 6) is 1.55. The molecule has 5 aliphatic rings. The molecule has 1 aromatic rings. The van der Waals surface area contributed by atoms with Gasteiger partial charge in [-0.1, -0.05) is 31.6 Å². The van der Waals surface area contributed by atoms with Crippen LogP contribution in [0.2, 0.25) is 0 Å². The van der Waals surface area contributed by atoms with Gasteiger partial charge in [0.05, 0.1) is 6.61 Å². The number of hydrogen-bond donors (Lipinski definition) is 0. The van der Waals surface area contributed by atoms with Crippen LogP contribution in [0.5, 0.6) is 0 Å². The molecule has 2 saturated heterocycles. The SMILES string of the molecule is COCCN1C(=O)N(CCCc2cccnc2)C(=O)C12CCN(CC1=CC[C@H]3C[C@@H]1C3(C)C)CC2. The Balaban J connectivity index is 1.23. The second kappa shape index (κ2) is 9.66. The maximum atomic E-state index is 13.7. The number of ether oxygens (including phenoxy) is 1. The number of piperidine rings is 1. The van der Waals surface area contributed by atoms with Crippen molar-refractivity contribution in [2.75, 3.05) is 46.4 Å². The molecule has 2 atom stereocenters. The molecule has 0 aromatic carbocycles. The topological polar surface area (TPSA) is 66.0 Å². The summed E-state index contributed by atoms with van der Waals surface area (Å²) in [6, 6.07) is 3.81. The molecule has 3 fully saturated rings. The van der Waals surface area contributed by atoms with Crippen LogP contribution in [0.4, 0.5) is 4.79 Å². The largest absolute Gasteiger partial charge is 0.383 e. The van der Waals surface area contributed by atoms with Gasteiger partial charge in [-0.25, -0.2) is 4.79 Å². The number of nitrogens with zero attached hydrogens (tertiary/aromatic N) is 4. The van der Waals surface area contributed by atoms with Crippen LogP contribution in [-0.4, -0.2) is 83.6 Å². The molecule has 3 heterocycles. The third kappa shape index (κ3) is 4.31. The van der Waals surface area contributed by atoms with Crippen molar-refractivity contribution in [1.82, 2.24) is 19.7 Å². The van der Waals surface area contributed by atoms with Crippen LogP contribution < -0.4 is 0 Å². The van der Waals surface area contributed by atoms with E-state index >= 15 is 0 Å². The van der Waals surface area contributed by atoms with E-state index in [9.17, 15) is 9.59 Å². The van der Waals surface area contributed by atoms with Crippen molar-refractivity contribution in [1.29, 1.82) is 0 Å². The van der Waals surface area contributed by atoms with E-state index < -0.39 is 5.54 Å². The number of amides is 3. The number of hydrogen-bond acceptors (Lipinski definition) is 5. The summed E-state index contributed by atoms with van der Waals surface area (Å²) in [6.07, 6.45) is 11.6. The first kappa shape index (κ1) is 24.4. The van der Waals surface area contributed by atoms with Gasteiger partial charge in [-0.15, -0.1) is 0 Å². The summed E-state index contributed by atoms with van der Waals surface area (Å²) in [5, 5.41) is 0. The Morgan fingerprint density at radius 3 is 2.63 bits per heavy atom. The van der Waals surface area contributed by atoms with Gasteiger partial charge in [0, 0.05) is 52.2 Å². The van der Waals surface area contributed by atoms with Crippen molar-refractivity contribution in [3.63, 3.8) is 0 Å². The molecule has 0 unspecified atom stereocenters. The zero-order chi connectivity index (χ0) is 24.6. The van der Waals surface area contributed by atoms with E-state index in [1.165, 1.54) is 17.7 Å². The van der Waals surface area contributed by atoms with Gasteiger partial charge in [0.25, 0.3) is 5.91 Å². The highest BCUT2D eigenvalue weighted by molar-refractivity contribution is 6.07. The Labute approximate surface area is 209 Å². The number of imide groups is 1. The Morgan fingerprint density at radius 1 is 1.17 bits per heavy atom. The molecule has 6 rings (SSSR count). The maximum Gasteiger partial charge on any atom is 0.327 e. The first-order chi connectivity index (χ1) is 16.9. The number of aryl methyl sites for hydroxylation is 1. The first-order valence-electron chi connectivity index (χ1n) is 13.3. The second-order valence-electron chi connectivity index (χ2n) is 11.5. The second-order valence-corrected chi connectivity index (χ2v) is 11.5. The smallest absolute Gasteiger partial charge is 0.327 e. The standard InChI is InChI=1S/C28H40N4O3/c1-27(2)23-9-8-22(24(27)18-23)20-30-14-10-28(11-15-30)25(33)31(26(34)32(28)16-17-35-3)13-5-7-21-6-4-12-29-19-21/h4,6,8,12,19,23-24H,5,7,9-11,13-18,20H2,1-3H3/t23-,24-/m0/s1. The summed E-state index contributed by atoms with van der Waals surface area (Å²) < 4.78 is 5.30. The number of aromatic nitrogens is 1. The lowest BCUT2D eigenvalue weighted by Gasteiger charge is -2.57. The van der Waals surface area contributed by atoms with E-state index in [0.29, 0.717) is 43.9 Å². The van der Waals surface area contributed by atoms with Crippen LogP contribution in [0.3, 0.4) is 0 Å². The highest BCUT2D eigenvalue weighted by Gasteiger charge is 2.58. The number of methoxy groups -OCH3 is 1. The lowest BCUT2D eigenvalue weighted by Crippen LogP contribution is -2.58. The zero-order valence-corrected chi connectivity index (χ0v) is 21.5. The van der Waals surface area contributed by atoms with Crippen LogP contribution >= 0.6 is 0 Å². The van der Waals surface area contributed by atoms with Crippen molar-refractivity contribution in [2.45, 2.75) is 57.9 Å². The molecule has 1 aromatic heterocycles. The Morgan fingerprint density at radius 2 is 1.97 bits per heavy atom. The molecule has 35 heavy (non-hydrogen) atoms. The average Bonchev–Trinajstić information content (AvgIpc) is 3.05. The van der Waals surface area contributed by atoms with Gasteiger partial charge in [0.2, 0.25) is 0 Å². The lowest BCUT2D eigenvalue weighted by molar-refractivity contribution is -0.135. The normalized spacial score (nSPS) is 27.3. The van der Waals surface area contributed by atoms with E-state index in [0.717, 1.165) is 44.0 Å². The van der Waals surface area contributed by atoms with E-state index in [2.05, 4.69) is 29.8 Å². The minimum Gasteiger partial charge on any atom is -0.383 e. The first-order valence-corrected chi connectivity index (χ1v) is 13.3. The number of carbonyl (C=O) groups is 2. The van der Waals surface area contributed by atoms with E-state index in [1.807, 2.05) is 23.2 Å². The molecule has 7 heteroatoms. The van der Waals surface area contributed by atoms with E-state index in [4.69, 9.17) is 4.74 Å². The number of likely N-dealkylation sites (tertiary alicyclic amines) is 1. The molecule has 2 bridgehead atoms. The molecule has 3 amide bonds. The quantitative estimate of drug-likeness (QED) is 0.398. The number of allylic oxidation sites excluding steroid dienone is 1. The van der Waals surface area contributed by atoms with Crippen LogP contribution in [0.25, 0.3) is 0 Å². The maximum absolute atomic E-state index is 13.7. The molecule has 0 N–H and O–H groups in total.